The van der Waals surface area contributed by atoms with E-state index in [0.717, 1.165) is 11.1 Å². The largest absolute Gasteiger partial charge is 0.337 e. The Labute approximate surface area is 138 Å². The van der Waals surface area contributed by atoms with Crippen molar-refractivity contribution >= 4 is 18.3 Å². The molecule has 0 saturated heterocycles. The fourth-order valence-electron chi connectivity index (χ4n) is 2.36. The van der Waals surface area contributed by atoms with Crippen LogP contribution in [-0.2, 0) is 17.8 Å². The minimum atomic E-state index is 0. The van der Waals surface area contributed by atoms with Gasteiger partial charge in [-0.2, -0.15) is 0 Å². The van der Waals surface area contributed by atoms with Crippen LogP contribution in [0.15, 0.2) is 54.6 Å². The van der Waals surface area contributed by atoms with Gasteiger partial charge < -0.3 is 10.6 Å². The topological polar surface area (TPSA) is 46.3 Å². The molecule has 0 aliphatic rings. The number of aryl methyl sites for hydroxylation is 1. The maximum Gasteiger partial charge on any atom is 0.227 e. The standard InChI is InChI=1S/C18H22N2O.ClH/c1-15-6-5-9-17(12-15)13-18(21)20(11-10-19)14-16-7-3-2-4-8-16;/h2-9,12H,10-11,13-14,19H2,1H3;1H. The van der Waals surface area contributed by atoms with Crippen LogP contribution in [0.25, 0.3) is 0 Å². The molecule has 4 heteroatoms. The highest BCUT2D eigenvalue weighted by molar-refractivity contribution is 5.85. The van der Waals surface area contributed by atoms with Crippen molar-refractivity contribution in [1.82, 2.24) is 4.90 Å². The first kappa shape index (κ1) is 18.2. The van der Waals surface area contributed by atoms with Crippen LogP contribution in [0, 0.1) is 6.92 Å². The van der Waals surface area contributed by atoms with Crippen molar-refractivity contribution < 1.29 is 4.79 Å². The number of nitrogens with two attached hydrogens (primary N) is 1. The highest BCUT2D eigenvalue weighted by Gasteiger charge is 2.13. The number of halogens is 1. The zero-order valence-corrected chi connectivity index (χ0v) is 13.7. The predicted octanol–water partition coefficient (Wildman–Crippen LogP) is 2.95. The van der Waals surface area contributed by atoms with E-state index in [1.807, 2.05) is 60.4 Å². The number of nitrogens with zero attached hydrogens (tertiary/aromatic N) is 1. The van der Waals surface area contributed by atoms with E-state index in [2.05, 4.69) is 6.07 Å². The molecular formula is C18H23ClN2O. The lowest BCUT2D eigenvalue weighted by Crippen LogP contribution is -2.35. The van der Waals surface area contributed by atoms with Gasteiger partial charge in [0.2, 0.25) is 5.91 Å². The van der Waals surface area contributed by atoms with Crippen molar-refractivity contribution in [2.24, 2.45) is 5.73 Å². The van der Waals surface area contributed by atoms with E-state index in [-0.39, 0.29) is 18.3 Å². The summed E-state index contributed by atoms with van der Waals surface area (Å²) < 4.78 is 0. The molecule has 22 heavy (non-hydrogen) atoms. The number of hydrogen-bond acceptors (Lipinski definition) is 2. The Morgan fingerprint density at radius 1 is 1.05 bits per heavy atom. The van der Waals surface area contributed by atoms with E-state index < -0.39 is 0 Å². The number of benzene rings is 2. The molecule has 0 heterocycles. The first-order valence-corrected chi connectivity index (χ1v) is 7.26. The fraction of sp³-hybridized carbons (Fsp3) is 0.278. The number of amides is 1. The van der Waals surface area contributed by atoms with Crippen molar-refractivity contribution in [3.63, 3.8) is 0 Å². The summed E-state index contributed by atoms with van der Waals surface area (Å²) in [6, 6.07) is 18.1. The maximum atomic E-state index is 12.5. The second-order valence-corrected chi connectivity index (χ2v) is 5.26. The van der Waals surface area contributed by atoms with Gasteiger partial charge in [0, 0.05) is 19.6 Å². The van der Waals surface area contributed by atoms with Crippen LogP contribution in [0.4, 0.5) is 0 Å². The average molecular weight is 319 g/mol. The number of hydrogen-bond donors (Lipinski definition) is 1. The molecule has 0 fully saturated rings. The lowest BCUT2D eigenvalue weighted by molar-refractivity contribution is -0.131. The first-order chi connectivity index (χ1) is 10.2. The van der Waals surface area contributed by atoms with Gasteiger partial charge in [0.25, 0.3) is 0 Å². The van der Waals surface area contributed by atoms with Crippen LogP contribution < -0.4 is 5.73 Å². The van der Waals surface area contributed by atoms with Crippen LogP contribution in [0.5, 0.6) is 0 Å². The molecule has 0 aliphatic carbocycles. The summed E-state index contributed by atoms with van der Waals surface area (Å²) in [4.78, 5) is 14.3. The molecule has 2 aromatic rings. The molecule has 0 bridgehead atoms. The fourth-order valence-corrected chi connectivity index (χ4v) is 2.36. The molecule has 0 aliphatic heterocycles. The maximum absolute atomic E-state index is 12.5. The summed E-state index contributed by atoms with van der Waals surface area (Å²) >= 11 is 0. The number of carbonyl (C=O) groups excluding carboxylic acids is 1. The molecule has 118 valence electrons. The Bertz CT molecular complexity index is 587. The molecule has 0 saturated carbocycles. The van der Waals surface area contributed by atoms with Gasteiger partial charge in [-0.05, 0) is 18.1 Å². The number of carbonyl (C=O) groups is 1. The Morgan fingerprint density at radius 3 is 2.36 bits per heavy atom. The molecule has 2 rings (SSSR count). The van der Waals surface area contributed by atoms with Crippen molar-refractivity contribution in [2.75, 3.05) is 13.1 Å². The Kier molecular flexibility index (Phi) is 7.64. The SMILES string of the molecule is Cc1cccc(CC(=O)N(CCN)Cc2ccccc2)c1.Cl. The minimum absolute atomic E-state index is 0. The van der Waals surface area contributed by atoms with Gasteiger partial charge in [0.1, 0.15) is 0 Å². The Balaban J connectivity index is 0.00000242. The summed E-state index contributed by atoms with van der Waals surface area (Å²) in [5.74, 6) is 0.120. The molecule has 0 atom stereocenters. The zero-order chi connectivity index (χ0) is 15.1. The third kappa shape index (κ3) is 5.51. The molecule has 1 amide bonds. The second-order valence-electron chi connectivity index (χ2n) is 5.26. The summed E-state index contributed by atoms with van der Waals surface area (Å²) in [5.41, 5.74) is 9.00. The molecule has 2 N–H and O–H groups in total. The van der Waals surface area contributed by atoms with Crippen molar-refractivity contribution in [1.29, 1.82) is 0 Å². The van der Waals surface area contributed by atoms with Crippen LogP contribution >= 0.6 is 12.4 Å². The molecule has 0 spiro atoms. The van der Waals surface area contributed by atoms with E-state index in [1.165, 1.54) is 5.56 Å². The van der Waals surface area contributed by atoms with Crippen molar-refractivity contribution in [3.8, 4) is 0 Å². The van der Waals surface area contributed by atoms with Gasteiger partial charge in [0.05, 0.1) is 6.42 Å². The lowest BCUT2D eigenvalue weighted by atomic mass is 10.1. The summed E-state index contributed by atoms with van der Waals surface area (Å²) in [5, 5.41) is 0. The molecule has 0 aromatic heterocycles. The first-order valence-electron chi connectivity index (χ1n) is 7.26. The van der Waals surface area contributed by atoms with Gasteiger partial charge in [-0.1, -0.05) is 60.2 Å². The Morgan fingerprint density at radius 2 is 1.73 bits per heavy atom. The smallest absolute Gasteiger partial charge is 0.227 e. The average Bonchev–Trinajstić information content (AvgIpc) is 2.48. The van der Waals surface area contributed by atoms with E-state index in [1.54, 1.807) is 0 Å². The van der Waals surface area contributed by atoms with Gasteiger partial charge in [-0.3, -0.25) is 4.79 Å². The summed E-state index contributed by atoms with van der Waals surface area (Å²) in [6.07, 6.45) is 0.425. The Hall–Kier alpha value is -1.84. The van der Waals surface area contributed by atoms with Crippen LogP contribution in [0.1, 0.15) is 16.7 Å². The van der Waals surface area contributed by atoms with Gasteiger partial charge in [-0.25, -0.2) is 0 Å². The van der Waals surface area contributed by atoms with Crippen LogP contribution in [-0.4, -0.2) is 23.9 Å². The normalized spacial score (nSPS) is 9.91. The van der Waals surface area contributed by atoms with Crippen molar-refractivity contribution in [3.05, 3.63) is 71.3 Å². The monoisotopic (exact) mass is 318 g/mol. The minimum Gasteiger partial charge on any atom is -0.337 e. The van der Waals surface area contributed by atoms with E-state index in [0.29, 0.717) is 26.1 Å². The molecule has 3 nitrogen and oxygen atoms in total. The van der Waals surface area contributed by atoms with Crippen molar-refractivity contribution in [2.45, 2.75) is 19.9 Å². The van der Waals surface area contributed by atoms with E-state index in [4.69, 9.17) is 5.73 Å². The third-order valence-electron chi connectivity index (χ3n) is 3.41. The molecular weight excluding hydrogens is 296 g/mol. The second kappa shape index (κ2) is 9.23. The van der Waals surface area contributed by atoms with Gasteiger partial charge in [0.15, 0.2) is 0 Å². The lowest BCUT2D eigenvalue weighted by Gasteiger charge is -2.22. The van der Waals surface area contributed by atoms with E-state index >= 15 is 0 Å². The van der Waals surface area contributed by atoms with Gasteiger partial charge in [-0.15, -0.1) is 12.4 Å². The van der Waals surface area contributed by atoms with Crippen LogP contribution in [0.3, 0.4) is 0 Å². The highest BCUT2D eigenvalue weighted by atomic mass is 35.5. The third-order valence-corrected chi connectivity index (χ3v) is 3.41. The summed E-state index contributed by atoms with van der Waals surface area (Å²) in [6.45, 7) is 3.71. The van der Waals surface area contributed by atoms with Gasteiger partial charge >= 0.3 is 0 Å². The predicted molar refractivity (Wildman–Crippen MR) is 93.0 cm³/mol. The highest BCUT2D eigenvalue weighted by Crippen LogP contribution is 2.09. The molecule has 0 radical (unpaired) electrons. The van der Waals surface area contributed by atoms with Crippen LogP contribution in [0.2, 0.25) is 0 Å². The zero-order valence-electron chi connectivity index (χ0n) is 12.9. The van der Waals surface area contributed by atoms with E-state index in [9.17, 15) is 4.79 Å². The number of rotatable bonds is 6. The quantitative estimate of drug-likeness (QED) is 0.890. The summed E-state index contributed by atoms with van der Waals surface area (Å²) in [7, 11) is 0. The molecule has 0 unspecified atom stereocenters. The molecule has 2 aromatic carbocycles.